The molecule has 0 saturated carbocycles. The van der Waals surface area contributed by atoms with Crippen molar-refractivity contribution in [1.82, 2.24) is 19.4 Å². The van der Waals surface area contributed by atoms with Crippen LogP contribution in [0.5, 0.6) is 0 Å². The van der Waals surface area contributed by atoms with E-state index >= 15 is 0 Å². The van der Waals surface area contributed by atoms with Gasteiger partial charge in [0.05, 0.1) is 6.33 Å². The Kier molecular flexibility index (Phi) is 4.17. The second-order valence-corrected chi connectivity index (χ2v) is 5.04. The number of piperazine rings is 1. The van der Waals surface area contributed by atoms with E-state index < -0.39 is 0 Å². The number of carbonyl (C=O) groups excluding carboxylic acids is 1. The third kappa shape index (κ3) is 3.07. The molecule has 0 atom stereocenters. The molecule has 5 nitrogen and oxygen atoms in total. The number of halogens is 1. The average molecular weight is 301 g/mol. The Labute approximate surface area is 110 Å². The summed E-state index contributed by atoms with van der Waals surface area (Å²) in [6, 6.07) is 0. The lowest BCUT2D eigenvalue weighted by Crippen LogP contribution is -2.49. The van der Waals surface area contributed by atoms with Crippen molar-refractivity contribution in [2.45, 2.75) is 0 Å². The van der Waals surface area contributed by atoms with E-state index in [1.165, 1.54) is 0 Å². The van der Waals surface area contributed by atoms with Gasteiger partial charge in [-0.2, -0.15) is 0 Å². The molecule has 0 unspecified atom stereocenters. The zero-order valence-electron chi connectivity index (χ0n) is 9.97. The first-order chi connectivity index (χ1) is 8.20. The van der Waals surface area contributed by atoms with E-state index in [1.807, 2.05) is 11.9 Å². The van der Waals surface area contributed by atoms with Gasteiger partial charge in [0.15, 0.2) is 0 Å². The Balaban J connectivity index is 1.90. The predicted molar refractivity (Wildman–Crippen MR) is 69.3 cm³/mol. The Morgan fingerprint density at radius 1 is 1.41 bits per heavy atom. The van der Waals surface area contributed by atoms with Crippen molar-refractivity contribution in [3.63, 3.8) is 0 Å². The van der Waals surface area contributed by atoms with Gasteiger partial charge in [-0.05, 0) is 0 Å². The molecule has 1 amide bonds. The molecule has 2 heterocycles. The smallest absolute Gasteiger partial charge is 0.274 e. The molecule has 0 radical (unpaired) electrons. The number of aromatic nitrogens is 2. The number of hydrogen-bond donors (Lipinski definition) is 0. The largest absolute Gasteiger partial charge is 0.340 e. The standard InChI is InChI=1S/C11H17BrN4O/c1-14-8-10(13-9-14)11(17)16-6-4-15(3-2-12)5-7-16/h8-9H,2-7H2,1H3. The Morgan fingerprint density at radius 3 is 2.65 bits per heavy atom. The fourth-order valence-corrected chi connectivity index (χ4v) is 2.48. The average Bonchev–Trinajstić information content (AvgIpc) is 2.76. The van der Waals surface area contributed by atoms with Crippen molar-refractivity contribution < 1.29 is 4.79 Å². The van der Waals surface area contributed by atoms with Crippen LogP contribution in [-0.4, -0.2) is 63.3 Å². The topological polar surface area (TPSA) is 41.4 Å². The minimum absolute atomic E-state index is 0.0455. The zero-order valence-corrected chi connectivity index (χ0v) is 11.6. The minimum Gasteiger partial charge on any atom is -0.340 e. The summed E-state index contributed by atoms with van der Waals surface area (Å²) >= 11 is 3.43. The minimum atomic E-state index is 0.0455. The molecule has 1 aliphatic heterocycles. The highest BCUT2D eigenvalue weighted by molar-refractivity contribution is 9.09. The summed E-state index contributed by atoms with van der Waals surface area (Å²) in [5, 5.41) is 0.987. The molecule has 2 rings (SSSR count). The molecule has 1 aromatic heterocycles. The maximum Gasteiger partial charge on any atom is 0.274 e. The molecule has 94 valence electrons. The lowest BCUT2D eigenvalue weighted by molar-refractivity contribution is 0.0639. The van der Waals surface area contributed by atoms with Crippen LogP contribution in [0.25, 0.3) is 0 Å². The Bertz CT molecular complexity index is 385. The fraction of sp³-hybridized carbons (Fsp3) is 0.636. The number of alkyl halides is 1. The van der Waals surface area contributed by atoms with Gasteiger partial charge in [-0.1, -0.05) is 15.9 Å². The molecule has 1 saturated heterocycles. The SMILES string of the molecule is Cn1cnc(C(=O)N2CCN(CCBr)CC2)c1. The van der Waals surface area contributed by atoms with Crippen molar-refractivity contribution in [2.75, 3.05) is 38.1 Å². The monoisotopic (exact) mass is 300 g/mol. The zero-order chi connectivity index (χ0) is 12.3. The highest BCUT2D eigenvalue weighted by Crippen LogP contribution is 2.07. The summed E-state index contributed by atoms with van der Waals surface area (Å²) in [4.78, 5) is 20.4. The summed E-state index contributed by atoms with van der Waals surface area (Å²) in [6.45, 7) is 4.53. The van der Waals surface area contributed by atoms with Gasteiger partial charge in [0.2, 0.25) is 0 Å². The summed E-state index contributed by atoms with van der Waals surface area (Å²) in [5.74, 6) is 0.0455. The van der Waals surface area contributed by atoms with E-state index in [9.17, 15) is 4.79 Å². The Hall–Kier alpha value is -0.880. The number of nitrogens with zero attached hydrogens (tertiary/aromatic N) is 4. The number of aryl methyl sites for hydroxylation is 1. The molecule has 0 spiro atoms. The number of hydrogen-bond acceptors (Lipinski definition) is 3. The van der Waals surface area contributed by atoms with E-state index in [-0.39, 0.29) is 5.91 Å². The van der Waals surface area contributed by atoms with Crippen LogP contribution in [0.1, 0.15) is 10.5 Å². The third-order valence-electron chi connectivity index (χ3n) is 2.98. The van der Waals surface area contributed by atoms with E-state index in [2.05, 4.69) is 25.8 Å². The first kappa shape index (κ1) is 12.6. The number of imidazole rings is 1. The molecule has 0 bridgehead atoms. The molecule has 1 aromatic rings. The first-order valence-electron chi connectivity index (χ1n) is 5.76. The molecule has 6 heteroatoms. The van der Waals surface area contributed by atoms with Crippen molar-refractivity contribution in [3.8, 4) is 0 Å². The maximum absolute atomic E-state index is 12.1. The van der Waals surface area contributed by atoms with E-state index in [4.69, 9.17) is 0 Å². The van der Waals surface area contributed by atoms with Gasteiger partial charge in [-0.3, -0.25) is 9.69 Å². The Morgan fingerprint density at radius 2 is 2.12 bits per heavy atom. The van der Waals surface area contributed by atoms with Crippen LogP contribution in [0.15, 0.2) is 12.5 Å². The van der Waals surface area contributed by atoms with Gasteiger partial charge >= 0.3 is 0 Å². The van der Waals surface area contributed by atoms with Gasteiger partial charge in [0, 0.05) is 51.3 Å². The van der Waals surface area contributed by atoms with Gasteiger partial charge in [0.1, 0.15) is 5.69 Å². The molecule has 0 N–H and O–H groups in total. The van der Waals surface area contributed by atoms with Crippen LogP contribution < -0.4 is 0 Å². The quantitative estimate of drug-likeness (QED) is 0.767. The summed E-state index contributed by atoms with van der Waals surface area (Å²) in [5.41, 5.74) is 0.543. The van der Waals surface area contributed by atoms with Crippen LogP contribution in [-0.2, 0) is 7.05 Å². The normalized spacial score (nSPS) is 17.4. The number of amides is 1. The van der Waals surface area contributed by atoms with Crippen LogP contribution >= 0.6 is 15.9 Å². The molecule has 1 fully saturated rings. The maximum atomic E-state index is 12.1. The highest BCUT2D eigenvalue weighted by Gasteiger charge is 2.22. The van der Waals surface area contributed by atoms with Crippen LogP contribution in [0.3, 0.4) is 0 Å². The van der Waals surface area contributed by atoms with Crippen molar-refractivity contribution in [2.24, 2.45) is 7.05 Å². The number of carbonyl (C=O) groups is 1. The highest BCUT2D eigenvalue weighted by atomic mass is 79.9. The second kappa shape index (κ2) is 5.64. The lowest BCUT2D eigenvalue weighted by atomic mass is 10.3. The third-order valence-corrected chi connectivity index (χ3v) is 3.34. The van der Waals surface area contributed by atoms with E-state index in [1.54, 1.807) is 17.1 Å². The van der Waals surface area contributed by atoms with E-state index in [0.29, 0.717) is 5.69 Å². The van der Waals surface area contributed by atoms with Crippen LogP contribution in [0, 0.1) is 0 Å². The van der Waals surface area contributed by atoms with Crippen molar-refractivity contribution in [1.29, 1.82) is 0 Å². The molecule has 1 aliphatic rings. The van der Waals surface area contributed by atoms with Gasteiger partial charge < -0.3 is 9.47 Å². The van der Waals surface area contributed by atoms with Crippen molar-refractivity contribution in [3.05, 3.63) is 18.2 Å². The predicted octanol–water partition coefficient (Wildman–Crippen LogP) is 0.573. The van der Waals surface area contributed by atoms with Gasteiger partial charge in [-0.25, -0.2) is 4.98 Å². The lowest BCUT2D eigenvalue weighted by Gasteiger charge is -2.34. The molecular formula is C11H17BrN4O. The molecule has 17 heavy (non-hydrogen) atoms. The molecular weight excluding hydrogens is 284 g/mol. The second-order valence-electron chi connectivity index (χ2n) is 4.25. The van der Waals surface area contributed by atoms with Crippen LogP contribution in [0.4, 0.5) is 0 Å². The first-order valence-corrected chi connectivity index (χ1v) is 6.88. The van der Waals surface area contributed by atoms with Crippen molar-refractivity contribution >= 4 is 21.8 Å². The summed E-state index contributed by atoms with van der Waals surface area (Å²) in [6.07, 6.45) is 3.43. The van der Waals surface area contributed by atoms with Crippen LogP contribution in [0.2, 0.25) is 0 Å². The summed E-state index contributed by atoms with van der Waals surface area (Å²) < 4.78 is 1.80. The fourth-order valence-electron chi connectivity index (χ4n) is 1.98. The molecule has 0 aliphatic carbocycles. The molecule has 0 aromatic carbocycles. The number of rotatable bonds is 3. The van der Waals surface area contributed by atoms with Gasteiger partial charge in [-0.15, -0.1) is 0 Å². The van der Waals surface area contributed by atoms with E-state index in [0.717, 1.165) is 38.1 Å². The van der Waals surface area contributed by atoms with Gasteiger partial charge in [0.25, 0.3) is 5.91 Å². The summed E-state index contributed by atoms with van der Waals surface area (Å²) in [7, 11) is 1.87.